The summed E-state index contributed by atoms with van der Waals surface area (Å²) in [5.41, 5.74) is -3.41. The zero-order valence-electron chi connectivity index (χ0n) is 15.5. The van der Waals surface area contributed by atoms with Crippen LogP contribution in [0.15, 0.2) is 42.5 Å². The first-order valence-electron chi connectivity index (χ1n) is 8.54. The lowest BCUT2D eigenvalue weighted by atomic mass is 10.0. The van der Waals surface area contributed by atoms with E-state index in [-0.39, 0.29) is 11.6 Å². The molecule has 0 aliphatic heterocycles. The van der Waals surface area contributed by atoms with E-state index in [2.05, 4.69) is 22.2 Å². The Bertz CT molecular complexity index is 1210. The Hall–Kier alpha value is -3.03. The Morgan fingerprint density at radius 2 is 1.56 bits per heavy atom. The molecule has 0 aliphatic rings. The Labute approximate surface area is 186 Å². The van der Waals surface area contributed by atoms with Crippen molar-refractivity contribution in [2.45, 2.75) is 18.9 Å². The molecule has 32 heavy (non-hydrogen) atoms. The van der Waals surface area contributed by atoms with Crippen LogP contribution in [0.3, 0.4) is 0 Å². The molecular weight excluding hydrogens is 483 g/mol. The van der Waals surface area contributed by atoms with Crippen LogP contribution in [0.2, 0.25) is 10.2 Å². The van der Waals surface area contributed by atoms with Crippen LogP contribution in [0.1, 0.15) is 32.7 Å². The van der Waals surface area contributed by atoms with E-state index < -0.39 is 46.7 Å². The van der Waals surface area contributed by atoms with Crippen LogP contribution in [0.25, 0.3) is 0 Å². The third-order valence-corrected chi connectivity index (χ3v) is 4.76. The van der Waals surface area contributed by atoms with Gasteiger partial charge in [0.25, 0.3) is 5.78 Å². The fourth-order valence-electron chi connectivity index (χ4n) is 2.57. The molecule has 0 amide bonds. The van der Waals surface area contributed by atoms with Crippen LogP contribution in [0, 0.1) is 11.8 Å². The minimum Gasteiger partial charge on any atom is -0.277 e. The number of nitrogens with zero attached hydrogens (tertiary/aromatic N) is 3. The molecule has 0 saturated carbocycles. The largest absolute Gasteiger partial charge is 0.416 e. The summed E-state index contributed by atoms with van der Waals surface area (Å²) in [6.45, 7) is -0.593. The van der Waals surface area contributed by atoms with Gasteiger partial charge in [0.2, 0.25) is 0 Å². The van der Waals surface area contributed by atoms with Crippen molar-refractivity contribution in [2.75, 3.05) is 0 Å². The molecule has 0 N–H and O–H groups in total. The molecule has 0 saturated heterocycles. The molecule has 1 aromatic heterocycles. The number of halogens is 8. The first kappa shape index (κ1) is 23.6. The highest BCUT2D eigenvalue weighted by molar-refractivity contribution is 6.34. The van der Waals surface area contributed by atoms with E-state index in [0.29, 0.717) is 22.7 Å². The maximum Gasteiger partial charge on any atom is 0.416 e. The maximum absolute atomic E-state index is 13.0. The molecule has 0 bridgehead atoms. The standard InChI is InChI=1S/C20H9Cl2F6N3O/c21-15-4-2-1-3-12(15)5-6-16(32)17-18(22)31(30-29-17)10-11-7-13(19(23,24)25)9-14(8-11)20(26,27)28/h1-4,7-9H,10H2. The molecule has 2 aromatic carbocycles. The lowest BCUT2D eigenvalue weighted by molar-refractivity contribution is -0.143. The predicted octanol–water partition coefficient (Wildman–Crippen LogP) is 5.91. The minimum absolute atomic E-state index is 0.00566. The molecule has 1 heterocycles. The first-order chi connectivity index (χ1) is 14.9. The van der Waals surface area contributed by atoms with E-state index in [1.165, 1.54) is 0 Å². The number of alkyl halides is 6. The molecule has 166 valence electrons. The van der Waals surface area contributed by atoms with Gasteiger partial charge in [-0.15, -0.1) is 5.10 Å². The van der Waals surface area contributed by atoms with E-state index in [1.807, 2.05) is 0 Å². The third kappa shape index (κ3) is 5.41. The summed E-state index contributed by atoms with van der Waals surface area (Å²) in [5, 5.41) is 6.99. The van der Waals surface area contributed by atoms with Crippen molar-refractivity contribution < 1.29 is 31.1 Å². The normalized spacial score (nSPS) is 11.8. The van der Waals surface area contributed by atoms with Crippen LogP contribution in [0.4, 0.5) is 26.3 Å². The highest BCUT2D eigenvalue weighted by atomic mass is 35.5. The number of hydrogen-bond donors (Lipinski definition) is 0. The lowest BCUT2D eigenvalue weighted by Gasteiger charge is -2.14. The van der Waals surface area contributed by atoms with Gasteiger partial charge in [0.15, 0.2) is 10.8 Å². The summed E-state index contributed by atoms with van der Waals surface area (Å²) in [6.07, 6.45) is -10.0. The monoisotopic (exact) mass is 491 g/mol. The molecule has 3 rings (SSSR count). The first-order valence-corrected chi connectivity index (χ1v) is 9.30. The van der Waals surface area contributed by atoms with Gasteiger partial charge in [0, 0.05) is 5.56 Å². The topological polar surface area (TPSA) is 47.8 Å². The zero-order valence-corrected chi connectivity index (χ0v) is 17.0. The summed E-state index contributed by atoms with van der Waals surface area (Å²) < 4.78 is 78.9. The van der Waals surface area contributed by atoms with Crippen molar-refractivity contribution in [1.29, 1.82) is 0 Å². The number of carbonyl (C=O) groups excluding carboxylic acids is 1. The highest BCUT2D eigenvalue weighted by Crippen LogP contribution is 2.36. The van der Waals surface area contributed by atoms with Crippen LogP contribution in [-0.2, 0) is 18.9 Å². The van der Waals surface area contributed by atoms with Crippen LogP contribution >= 0.6 is 23.2 Å². The molecule has 0 aliphatic carbocycles. The number of hydrogen-bond acceptors (Lipinski definition) is 3. The van der Waals surface area contributed by atoms with Gasteiger partial charge in [0.05, 0.1) is 22.7 Å². The van der Waals surface area contributed by atoms with Crippen LogP contribution in [-0.4, -0.2) is 20.8 Å². The smallest absolute Gasteiger partial charge is 0.277 e. The number of aromatic nitrogens is 3. The SMILES string of the molecule is O=C(C#Cc1ccccc1Cl)c1nnn(Cc2cc(C(F)(F)F)cc(C(F)(F)F)c2)c1Cl. The summed E-state index contributed by atoms with van der Waals surface area (Å²) in [5.74, 6) is 3.93. The second-order valence-corrected chi connectivity index (χ2v) is 7.12. The zero-order chi connectivity index (χ0) is 23.7. The molecule has 0 radical (unpaired) electrons. The molecule has 0 spiro atoms. The Morgan fingerprint density at radius 3 is 2.12 bits per heavy atom. The van der Waals surface area contributed by atoms with Gasteiger partial charge < -0.3 is 0 Å². The minimum atomic E-state index is -5.00. The Balaban J connectivity index is 1.91. The summed E-state index contributed by atoms with van der Waals surface area (Å²) in [4.78, 5) is 12.3. The second-order valence-electron chi connectivity index (χ2n) is 6.36. The van der Waals surface area contributed by atoms with Crippen molar-refractivity contribution in [1.82, 2.24) is 15.0 Å². The summed E-state index contributed by atoms with van der Waals surface area (Å²) in [6, 6.07) is 7.50. The van der Waals surface area contributed by atoms with Gasteiger partial charge in [-0.2, -0.15) is 26.3 Å². The fourth-order valence-corrected chi connectivity index (χ4v) is 2.97. The molecule has 12 heteroatoms. The number of benzene rings is 2. The van der Waals surface area contributed by atoms with E-state index in [4.69, 9.17) is 23.2 Å². The van der Waals surface area contributed by atoms with E-state index in [0.717, 1.165) is 4.68 Å². The highest BCUT2D eigenvalue weighted by Gasteiger charge is 2.37. The van der Waals surface area contributed by atoms with Crippen molar-refractivity contribution in [3.63, 3.8) is 0 Å². The van der Waals surface area contributed by atoms with Crippen molar-refractivity contribution in [3.05, 3.63) is 80.6 Å². The second kappa shape index (κ2) is 8.84. The maximum atomic E-state index is 13.0. The lowest BCUT2D eigenvalue weighted by Crippen LogP contribution is -2.13. The quantitative estimate of drug-likeness (QED) is 0.260. The van der Waals surface area contributed by atoms with Gasteiger partial charge in [-0.1, -0.05) is 46.5 Å². The van der Waals surface area contributed by atoms with Gasteiger partial charge in [-0.25, -0.2) is 4.68 Å². The van der Waals surface area contributed by atoms with E-state index in [9.17, 15) is 31.1 Å². The molecule has 0 atom stereocenters. The number of Topliss-reactive ketones (excluding diaryl/α,β-unsaturated/α-hetero) is 1. The summed E-state index contributed by atoms with van der Waals surface area (Å²) in [7, 11) is 0. The Kier molecular flexibility index (Phi) is 6.53. The molecule has 0 fully saturated rings. The fraction of sp³-hybridized carbons (Fsp3) is 0.150. The van der Waals surface area contributed by atoms with Gasteiger partial charge >= 0.3 is 12.4 Å². The molecule has 4 nitrogen and oxygen atoms in total. The Morgan fingerprint density at radius 1 is 0.969 bits per heavy atom. The predicted molar refractivity (Wildman–Crippen MR) is 103 cm³/mol. The van der Waals surface area contributed by atoms with Crippen LogP contribution < -0.4 is 0 Å². The number of ketones is 1. The number of carbonyl (C=O) groups is 1. The number of rotatable bonds is 3. The van der Waals surface area contributed by atoms with Crippen molar-refractivity contribution >= 4 is 29.0 Å². The third-order valence-electron chi connectivity index (χ3n) is 4.05. The molecule has 0 unspecified atom stereocenters. The molecule has 3 aromatic rings. The van der Waals surface area contributed by atoms with Gasteiger partial charge in [-0.05, 0) is 41.8 Å². The van der Waals surface area contributed by atoms with E-state index >= 15 is 0 Å². The molecular formula is C20H9Cl2F6N3O. The average Bonchev–Trinajstić information content (AvgIpc) is 3.06. The summed E-state index contributed by atoms with van der Waals surface area (Å²) >= 11 is 12.0. The average molecular weight is 492 g/mol. The van der Waals surface area contributed by atoms with Crippen molar-refractivity contribution in [3.8, 4) is 11.8 Å². The van der Waals surface area contributed by atoms with Crippen molar-refractivity contribution in [2.24, 2.45) is 0 Å². The van der Waals surface area contributed by atoms with E-state index in [1.54, 1.807) is 24.3 Å². The van der Waals surface area contributed by atoms with Gasteiger partial charge in [-0.3, -0.25) is 4.79 Å². The van der Waals surface area contributed by atoms with Crippen LogP contribution in [0.5, 0.6) is 0 Å². The van der Waals surface area contributed by atoms with Gasteiger partial charge in [0.1, 0.15) is 0 Å².